The second kappa shape index (κ2) is 3.98. The molecule has 0 atom stereocenters. The third-order valence-electron chi connectivity index (χ3n) is 0.562. The zero-order chi connectivity index (χ0) is 7.33. The molecule has 0 saturated carbocycles. The summed E-state index contributed by atoms with van der Waals surface area (Å²) in [5, 5.41) is 8.13. The lowest BCUT2D eigenvalue weighted by molar-refractivity contribution is 0.176. The summed E-state index contributed by atoms with van der Waals surface area (Å²) in [6.45, 7) is -0.235. The predicted octanol–water partition coefficient (Wildman–Crippen LogP) is -0.522. The lowest BCUT2D eigenvalue weighted by atomic mass is 10.5. The second-order valence-corrected chi connectivity index (χ2v) is 2.64. The molecule has 0 saturated heterocycles. The van der Waals surface area contributed by atoms with Crippen molar-refractivity contribution in [3.63, 3.8) is 0 Å². The maximum absolute atomic E-state index is 9.90. The average molecular weight is 156 g/mol. The standard InChI is InChI=1S/C3H9O5P/c4-2-1-3-8-9(5,6)7/h4H,1-3H2,(H2,5,6,7). The monoisotopic (exact) mass is 156 g/mol. The molecular weight excluding hydrogens is 147 g/mol. The second-order valence-electron chi connectivity index (χ2n) is 1.40. The van der Waals surface area contributed by atoms with Gasteiger partial charge in [0.2, 0.25) is 0 Å². The average Bonchev–Trinajstić information content (AvgIpc) is 1.63. The van der Waals surface area contributed by atoms with Crippen LogP contribution >= 0.6 is 7.82 Å². The summed E-state index contributed by atoms with van der Waals surface area (Å²) < 4.78 is 13.9. The molecule has 0 aromatic carbocycles. The van der Waals surface area contributed by atoms with Gasteiger partial charge in [-0.05, 0) is 6.42 Å². The molecule has 0 aliphatic heterocycles. The van der Waals surface area contributed by atoms with Crippen molar-refractivity contribution >= 4 is 7.82 Å². The van der Waals surface area contributed by atoms with E-state index in [2.05, 4.69) is 4.52 Å². The quantitative estimate of drug-likeness (QED) is 0.376. The number of aliphatic hydroxyl groups excluding tert-OH is 1. The summed E-state index contributed by atoms with van der Waals surface area (Å²) in [4.78, 5) is 16.1. The summed E-state index contributed by atoms with van der Waals surface area (Å²) >= 11 is 0. The minimum atomic E-state index is -4.31. The number of hydrogen-bond donors (Lipinski definition) is 3. The van der Waals surface area contributed by atoms with Crippen molar-refractivity contribution in [1.29, 1.82) is 0 Å². The number of phosphoric ester groups is 1. The fourth-order valence-electron chi connectivity index (χ4n) is 0.248. The van der Waals surface area contributed by atoms with Crippen molar-refractivity contribution in [1.82, 2.24) is 0 Å². The van der Waals surface area contributed by atoms with E-state index in [9.17, 15) is 4.57 Å². The van der Waals surface area contributed by atoms with Gasteiger partial charge < -0.3 is 14.9 Å². The maximum Gasteiger partial charge on any atom is 0.469 e. The van der Waals surface area contributed by atoms with E-state index < -0.39 is 7.82 Å². The van der Waals surface area contributed by atoms with Crippen molar-refractivity contribution in [3.05, 3.63) is 0 Å². The molecule has 0 rings (SSSR count). The zero-order valence-electron chi connectivity index (χ0n) is 4.73. The van der Waals surface area contributed by atoms with Crippen LogP contribution in [0.15, 0.2) is 0 Å². The first-order valence-electron chi connectivity index (χ1n) is 2.37. The molecule has 0 aliphatic carbocycles. The van der Waals surface area contributed by atoms with Crippen LogP contribution in [-0.4, -0.2) is 28.1 Å². The first-order valence-corrected chi connectivity index (χ1v) is 3.90. The highest BCUT2D eigenvalue weighted by Gasteiger charge is 2.11. The van der Waals surface area contributed by atoms with Crippen molar-refractivity contribution < 1.29 is 24.0 Å². The molecule has 5 nitrogen and oxygen atoms in total. The van der Waals surface area contributed by atoms with Crippen molar-refractivity contribution in [3.8, 4) is 0 Å². The SMILES string of the molecule is O=P(O)(O)OCCCO. The highest BCUT2D eigenvalue weighted by atomic mass is 31.2. The van der Waals surface area contributed by atoms with E-state index in [1.54, 1.807) is 0 Å². The Balaban J connectivity index is 3.18. The van der Waals surface area contributed by atoms with Crippen molar-refractivity contribution in [2.75, 3.05) is 13.2 Å². The summed E-state index contributed by atoms with van der Waals surface area (Å²) in [5.74, 6) is 0. The van der Waals surface area contributed by atoms with Gasteiger partial charge in [0, 0.05) is 6.61 Å². The highest BCUT2D eigenvalue weighted by molar-refractivity contribution is 7.46. The van der Waals surface area contributed by atoms with Gasteiger partial charge in [-0.25, -0.2) is 4.57 Å². The van der Waals surface area contributed by atoms with E-state index in [-0.39, 0.29) is 19.6 Å². The molecule has 0 fully saturated rings. The van der Waals surface area contributed by atoms with E-state index in [0.29, 0.717) is 0 Å². The van der Waals surface area contributed by atoms with E-state index in [1.807, 2.05) is 0 Å². The van der Waals surface area contributed by atoms with Gasteiger partial charge in [0.1, 0.15) is 0 Å². The molecule has 0 aliphatic rings. The van der Waals surface area contributed by atoms with Gasteiger partial charge in [-0.1, -0.05) is 0 Å². The van der Waals surface area contributed by atoms with E-state index in [4.69, 9.17) is 14.9 Å². The van der Waals surface area contributed by atoms with Crippen LogP contribution < -0.4 is 0 Å². The van der Waals surface area contributed by atoms with Gasteiger partial charge in [-0.15, -0.1) is 0 Å². The van der Waals surface area contributed by atoms with Crippen LogP contribution in [0.2, 0.25) is 0 Å². The Hall–Kier alpha value is 0.0700. The Labute approximate surface area is 52.5 Å². The van der Waals surface area contributed by atoms with Gasteiger partial charge in [0.25, 0.3) is 0 Å². The van der Waals surface area contributed by atoms with Crippen molar-refractivity contribution in [2.24, 2.45) is 0 Å². The van der Waals surface area contributed by atoms with Crippen LogP contribution in [0.3, 0.4) is 0 Å². The van der Waals surface area contributed by atoms with Crippen LogP contribution in [-0.2, 0) is 9.09 Å². The molecule has 3 N–H and O–H groups in total. The van der Waals surface area contributed by atoms with Crippen LogP contribution in [0.4, 0.5) is 0 Å². The summed E-state index contributed by atoms with van der Waals surface area (Å²) in [6, 6.07) is 0. The minimum Gasteiger partial charge on any atom is -0.396 e. The van der Waals surface area contributed by atoms with Gasteiger partial charge in [-0.3, -0.25) is 4.52 Å². The Morgan fingerprint density at radius 3 is 2.33 bits per heavy atom. The first kappa shape index (κ1) is 9.07. The maximum atomic E-state index is 9.90. The van der Waals surface area contributed by atoms with E-state index in [0.717, 1.165) is 0 Å². The van der Waals surface area contributed by atoms with Crippen LogP contribution in [0.1, 0.15) is 6.42 Å². The lowest BCUT2D eigenvalue weighted by Gasteiger charge is -2.01. The van der Waals surface area contributed by atoms with Gasteiger partial charge in [-0.2, -0.15) is 0 Å². The summed E-state index contributed by atoms with van der Waals surface area (Å²) in [6.07, 6.45) is 0.241. The topological polar surface area (TPSA) is 87.0 Å². The van der Waals surface area contributed by atoms with Gasteiger partial charge >= 0.3 is 7.82 Å². The van der Waals surface area contributed by atoms with Crippen LogP contribution in [0.25, 0.3) is 0 Å². The lowest BCUT2D eigenvalue weighted by Crippen LogP contribution is -1.94. The molecule has 0 unspecified atom stereocenters. The Kier molecular flexibility index (Phi) is 4.01. The molecular formula is C3H9O5P. The van der Waals surface area contributed by atoms with Crippen LogP contribution in [0, 0.1) is 0 Å². The number of aliphatic hydroxyl groups is 1. The summed E-state index contributed by atoms with van der Waals surface area (Å²) in [7, 11) is -4.31. The third kappa shape index (κ3) is 8.07. The Morgan fingerprint density at radius 2 is 2.00 bits per heavy atom. The number of hydrogen-bond acceptors (Lipinski definition) is 3. The highest BCUT2D eigenvalue weighted by Crippen LogP contribution is 2.35. The first-order chi connectivity index (χ1) is 4.06. The minimum absolute atomic E-state index is 0.110. The molecule has 9 heavy (non-hydrogen) atoms. The smallest absolute Gasteiger partial charge is 0.396 e. The number of rotatable bonds is 4. The molecule has 0 radical (unpaired) electrons. The fraction of sp³-hybridized carbons (Fsp3) is 1.00. The molecule has 0 heterocycles. The molecule has 0 spiro atoms. The molecule has 0 aromatic heterocycles. The fourth-order valence-corrected chi connectivity index (χ4v) is 0.615. The van der Waals surface area contributed by atoms with Gasteiger partial charge in [0.05, 0.1) is 6.61 Å². The summed E-state index contributed by atoms with van der Waals surface area (Å²) in [5.41, 5.74) is 0. The van der Waals surface area contributed by atoms with E-state index >= 15 is 0 Å². The molecule has 0 amide bonds. The third-order valence-corrected chi connectivity index (χ3v) is 1.08. The molecule has 0 aromatic rings. The van der Waals surface area contributed by atoms with E-state index in [1.165, 1.54) is 0 Å². The Morgan fingerprint density at radius 1 is 1.44 bits per heavy atom. The van der Waals surface area contributed by atoms with Gasteiger partial charge in [0.15, 0.2) is 0 Å². The van der Waals surface area contributed by atoms with Crippen molar-refractivity contribution in [2.45, 2.75) is 6.42 Å². The predicted molar refractivity (Wildman–Crippen MR) is 29.7 cm³/mol. The largest absolute Gasteiger partial charge is 0.469 e. The molecule has 0 bridgehead atoms. The van der Waals surface area contributed by atoms with Crippen LogP contribution in [0.5, 0.6) is 0 Å². The number of phosphoric acid groups is 1. The molecule has 6 heteroatoms. The Bertz CT molecular complexity index is 107. The molecule has 56 valence electrons. The zero-order valence-corrected chi connectivity index (χ0v) is 5.62. The normalized spacial score (nSPS) is 11.9.